The maximum Gasteiger partial charge on any atom is 0.191 e. The predicted octanol–water partition coefficient (Wildman–Crippen LogP) is 3.65. The summed E-state index contributed by atoms with van der Waals surface area (Å²) < 4.78 is 3.97. The van der Waals surface area contributed by atoms with Gasteiger partial charge in [-0.15, -0.1) is 10.2 Å². The van der Waals surface area contributed by atoms with Gasteiger partial charge in [0, 0.05) is 54.2 Å². The van der Waals surface area contributed by atoms with Crippen molar-refractivity contribution in [2.75, 3.05) is 5.75 Å². The number of rotatable bonds is 5. The van der Waals surface area contributed by atoms with Crippen molar-refractivity contribution in [3.05, 3.63) is 60.0 Å². The Bertz CT molecular complexity index is 1130. The fourth-order valence-corrected chi connectivity index (χ4v) is 4.05. The minimum atomic E-state index is 0.0998. The van der Waals surface area contributed by atoms with Crippen LogP contribution in [0.4, 0.5) is 0 Å². The van der Waals surface area contributed by atoms with Gasteiger partial charge in [0.25, 0.3) is 0 Å². The highest BCUT2D eigenvalue weighted by atomic mass is 32.2. The van der Waals surface area contributed by atoms with E-state index in [9.17, 15) is 4.79 Å². The number of nitrogens with zero attached hydrogens (tertiary/aromatic N) is 5. The molecular formula is C20H19N5OS. The molecule has 0 aliphatic heterocycles. The molecule has 27 heavy (non-hydrogen) atoms. The molecule has 4 rings (SSSR count). The van der Waals surface area contributed by atoms with Crippen LogP contribution in [0, 0.1) is 6.92 Å². The molecule has 7 heteroatoms. The summed E-state index contributed by atoms with van der Waals surface area (Å²) in [5.74, 6) is 1.17. The number of benzene rings is 1. The van der Waals surface area contributed by atoms with E-state index in [4.69, 9.17) is 0 Å². The molecule has 0 aliphatic carbocycles. The van der Waals surface area contributed by atoms with Gasteiger partial charge in [-0.05, 0) is 25.1 Å². The molecule has 0 saturated carbocycles. The lowest BCUT2D eigenvalue weighted by molar-refractivity contribution is 0.102. The van der Waals surface area contributed by atoms with Gasteiger partial charge in [-0.2, -0.15) is 0 Å². The average Bonchev–Trinajstić information content (AvgIpc) is 3.18. The fourth-order valence-electron chi connectivity index (χ4n) is 3.27. The Labute approximate surface area is 161 Å². The highest BCUT2D eigenvalue weighted by Crippen LogP contribution is 2.28. The summed E-state index contributed by atoms with van der Waals surface area (Å²) in [6.45, 7) is 1.99. The van der Waals surface area contributed by atoms with E-state index in [0.717, 1.165) is 33.5 Å². The number of fused-ring (bicyclic) bond motifs is 1. The minimum Gasteiger partial charge on any atom is -0.347 e. The molecule has 0 amide bonds. The van der Waals surface area contributed by atoms with Crippen LogP contribution in [0.25, 0.3) is 22.3 Å². The molecule has 0 fully saturated rings. The Morgan fingerprint density at radius 1 is 1.04 bits per heavy atom. The molecule has 0 saturated heterocycles. The maximum atomic E-state index is 13.0. The Morgan fingerprint density at radius 3 is 2.56 bits per heavy atom. The first kappa shape index (κ1) is 17.5. The molecule has 3 heterocycles. The third kappa shape index (κ3) is 3.04. The van der Waals surface area contributed by atoms with Crippen LogP contribution < -0.4 is 0 Å². The molecule has 136 valence electrons. The van der Waals surface area contributed by atoms with Gasteiger partial charge in [0.05, 0.1) is 5.75 Å². The van der Waals surface area contributed by atoms with Crippen molar-refractivity contribution in [3.8, 4) is 11.4 Å². The summed E-state index contributed by atoms with van der Waals surface area (Å²) in [5, 5.41) is 10.2. The number of thioether (sulfide) groups is 1. The largest absolute Gasteiger partial charge is 0.347 e. The molecule has 0 unspecified atom stereocenters. The van der Waals surface area contributed by atoms with E-state index < -0.39 is 0 Å². The molecule has 1 aromatic carbocycles. The zero-order chi connectivity index (χ0) is 19.0. The number of pyridine rings is 1. The molecule has 0 N–H and O–H groups in total. The van der Waals surface area contributed by atoms with Crippen LogP contribution in [-0.2, 0) is 14.1 Å². The van der Waals surface area contributed by atoms with Crippen molar-refractivity contribution in [2.45, 2.75) is 12.1 Å². The van der Waals surface area contributed by atoms with Crippen LogP contribution in [0.2, 0.25) is 0 Å². The normalized spacial score (nSPS) is 11.2. The number of carbonyl (C=O) groups is 1. The summed E-state index contributed by atoms with van der Waals surface area (Å²) in [6.07, 6.45) is 3.45. The number of carbonyl (C=O) groups excluding carboxylic acids is 1. The van der Waals surface area contributed by atoms with Crippen LogP contribution in [0.5, 0.6) is 0 Å². The Balaban J connectivity index is 1.58. The number of aromatic nitrogens is 5. The number of Topliss-reactive ketones (excluding diaryl/α,β-unsaturated/α-hetero) is 1. The molecule has 0 atom stereocenters. The Hall–Kier alpha value is -2.93. The van der Waals surface area contributed by atoms with Gasteiger partial charge in [-0.25, -0.2) is 0 Å². The Kier molecular flexibility index (Phi) is 4.53. The van der Waals surface area contributed by atoms with E-state index in [1.165, 1.54) is 11.8 Å². The van der Waals surface area contributed by atoms with E-state index in [1.54, 1.807) is 12.4 Å². The molecule has 4 aromatic rings. The van der Waals surface area contributed by atoms with Crippen molar-refractivity contribution in [2.24, 2.45) is 14.1 Å². The topological polar surface area (TPSA) is 65.6 Å². The van der Waals surface area contributed by atoms with Gasteiger partial charge < -0.3 is 9.13 Å². The van der Waals surface area contributed by atoms with Gasteiger partial charge in [-0.3, -0.25) is 9.78 Å². The first-order chi connectivity index (χ1) is 13.1. The average molecular weight is 377 g/mol. The fraction of sp³-hybridized carbons (Fsp3) is 0.200. The summed E-state index contributed by atoms with van der Waals surface area (Å²) in [7, 11) is 3.90. The number of para-hydroxylation sites is 1. The molecule has 0 radical (unpaired) electrons. The third-order valence-corrected chi connectivity index (χ3v) is 5.80. The summed E-state index contributed by atoms with van der Waals surface area (Å²) in [5.41, 5.74) is 3.79. The lowest BCUT2D eigenvalue weighted by Gasteiger charge is -2.04. The number of hydrogen-bond donors (Lipinski definition) is 0. The van der Waals surface area contributed by atoms with Crippen molar-refractivity contribution < 1.29 is 4.79 Å². The van der Waals surface area contributed by atoms with Gasteiger partial charge in [0.15, 0.2) is 16.8 Å². The highest BCUT2D eigenvalue weighted by Gasteiger charge is 2.19. The smallest absolute Gasteiger partial charge is 0.191 e. The van der Waals surface area contributed by atoms with Crippen LogP contribution in [0.3, 0.4) is 0 Å². The summed E-state index contributed by atoms with van der Waals surface area (Å²) in [6, 6.07) is 11.8. The van der Waals surface area contributed by atoms with Crippen molar-refractivity contribution >= 4 is 28.4 Å². The number of ketones is 1. The quantitative estimate of drug-likeness (QED) is 0.392. The van der Waals surface area contributed by atoms with Gasteiger partial charge >= 0.3 is 0 Å². The van der Waals surface area contributed by atoms with E-state index in [2.05, 4.69) is 19.7 Å². The van der Waals surface area contributed by atoms with E-state index in [0.29, 0.717) is 10.9 Å². The summed E-state index contributed by atoms with van der Waals surface area (Å²) in [4.78, 5) is 17.0. The summed E-state index contributed by atoms with van der Waals surface area (Å²) >= 11 is 1.41. The number of aryl methyl sites for hydroxylation is 1. The zero-order valence-electron chi connectivity index (χ0n) is 15.4. The second-order valence-corrected chi connectivity index (χ2v) is 7.29. The van der Waals surface area contributed by atoms with E-state index in [-0.39, 0.29) is 5.78 Å². The van der Waals surface area contributed by atoms with Crippen LogP contribution in [0.15, 0.2) is 53.9 Å². The second kappa shape index (κ2) is 7.00. The molecule has 0 bridgehead atoms. The monoisotopic (exact) mass is 377 g/mol. The predicted molar refractivity (Wildman–Crippen MR) is 107 cm³/mol. The molecule has 0 spiro atoms. The lowest BCUT2D eigenvalue weighted by Crippen LogP contribution is -2.06. The first-order valence-corrected chi connectivity index (χ1v) is 9.56. The van der Waals surface area contributed by atoms with Gasteiger partial charge in [0.2, 0.25) is 0 Å². The van der Waals surface area contributed by atoms with Crippen molar-refractivity contribution in [1.29, 1.82) is 0 Å². The van der Waals surface area contributed by atoms with Crippen molar-refractivity contribution in [3.63, 3.8) is 0 Å². The van der Waals surface area contributed by atoms with E-state index >= 15 is 0 Å². The first-order valence-electron chi connectivity index (χ1n) is 8.57. The molecule has 0 aliphatic rings. The highest BCUT2D eigenvalue weighted by molar-refractivity contribution is 7.99. The van der Waals surface area contributed by atoms with Gasteiger partial charge in [0.1, 0.15) is 0 Å². The Morgan fingerprint density at radius 2 is 1.78 bits per heavy atom. The third-order valence-electron chi connectivity index (χ3n) is 4.78. The molecular weight excluding hydrogens is 358 g/mol. The standard InChI is InChI=1S/C20H19N5OS/c1-13-18(15-6-4-5-7-16(15)24(13)2)17(26)12-27-20-23-22-19(25(20)3)14-8-10-21-11-9-14/h4-11H,12H2,1-3H3. The zero-order valence-corrected chi connectivity index (χ0v) is 16.2. The lowest BCUT2D eigenvalue weighted by atomic mass is 10.1. The minimum absolute atomic E-state index is 0.0998. The molecule has 6 nitrogen and oxygen atoms in total. The molecule has 3 aromatic heterocycles. The van der Waals surface area contributed by atoms with Crippen LogP contribution >= 0.6 is 11.8 Å². The number of hydrogen-bond acceptors (Lipinski definition) is 5. The SMILES string of the molecule is Cc1c(C(=O)CSc2nnc(-c3ccncc3)n2C)c2ccccc2n1C. The van der Waals surface area contributed by atoms with E-state index in [1.807, 2.05) is 62.0 Å². The van der Waals surface area contributed by atoms with Gasteiger partial charge in [-0.1, -0.05) is 30.0 Å². The van der Waals surface area contributed by atoms with Crippen LogP contribution in [0.1, 0.15) is 16.1 Å². The van der Waals surface area contributed by atoms with Crippen LogP contribution in [-0.4, -0.2) is 35.9 Å². The second-order valence-electron chi connectivity index (χ2n) is 6.35. The van der Waals surface area contributed by atoms with Crippen molar-refractivity contribution in [1.82, 2.24) is 24.3 Å². The maximum absolute atomic E-state index is 13.0.